The molecule has 0 amide bonds. The molecule has 1 N–H and O–H groups in total. The van der Waals surface area contributed by atoms with Crippen molar-refractivity contribution >= 4 is 11.3 Å². The summed E-state index contributed by atoms with van der Waals surface area (Å²) in [4.78, 5) is 2.61. The van der Waals surface area contributed by atoms with Crippen molar-refractivity contribution in [1.29, 1.82) is 0 Å². The fourth-order valence-corrected chi connectivity index (χ4v) is 3.50. The van der Waals surface area contributed by atoms with E-state index >= 15 is 0 Å². The Labute approximate surface area is 124 Å². The van der Waals surface area contributed by atoms with Gasteiger partial charge >= 0.3 is 0 Å². The van der Waals surface area contributed by atoms with Gasteiger partial charge in [0.05, 0.1) is 6.04 Å². The first-order valence-electron chi connectivity index (χ1n) is 7.09. The molecule has 0 spiro atoms. The molecular formula is C17H22FNS. The van der Waals surface area contributed by atoms with Gasteiger partial charge in [-0.05, 0) is 68.6 Å². The molecule has 0 aliphatic carbocycles. The zero-order chi connectivity index (χ0) is 14.7. The second-order valence-electron chi connectivity index (χ2n) is 5.26. The Kier molecular flexibility index (Phi) is 4.95. The Morgan fingerprint density at radius 2 is 1.90 bits per heavy atom. The molecular weight excluding hydrogens is 269 g/mol. The van der Waals surface area contributed by atoms with Crippen LogP contribution in [0.2, 0.25) is 0 Å². The average molecular weight is 291 g/mol. The first kappa shape index (κ1) is 15.2. The summed E-state index contributed by atoms with van der Waals surface area (Å²) in [6, 6.07) is 7.35. The predicted molar refractivity (Wildman–Crippen MR) is 85.1 cm³/mol. The molecule has 0 saturated carbocycles. The lowest BCUT2D eigenvalue weighted by Gasteiger charge is -2.21. The molecule has 0 fully saturated rings. The highest BCUT2D eigenvalue weighted by Crippen LogP contribution is 2.32. The van der Waals surface area contributed by atoms with Gasteiger partial charge in [-0.3, -0.25) is 0 Å². The minimum atomic E-state index is -0.168. The maximum atomic E-state index is 13.6. The van der Waals surface area contributed by atoms with Crippen LogP contribution in [-0.4, -0.2) is 6.54 Å². The minimum Gasteiger partial charge on any atom is -0.306 e. The topological polar surface area (TPSA) is 12.0 Å². The van der Waals surface area contributed by atoms with Gasteiger partial charge in [0.25, 0.3) is 0 Å². The van der Waals surface area contributed by atoms with E-state index in [9.17, 15) is 4.39 Å². The van der Waals surface area contributed by atoms with Crippen LogP contribution in [0.15, 0.2) is 24.3 Å². The molecule has 0 saturated heterocycles. The first-order valence-corrected chi connectivity index (χ1v) is 7.91. The van der Waals surface area contributed by atoms with Gasteiger partial charge in [-0.25, -0.2) is 4.39 Å². The fourth-order valence-electron chi connectivity index (χ4n) is 2.54. The molecule has 0 bridgehead atoms. The molecule has 1 heterocycles. The van der Waals surface area contributed by atoms with Crippen molar-refractivity contribution in [3.05, 3.63) is 56.5 Å². The standard InChI is InChI=1S/C17H22FNS/c1-5-8-19-17(16-9-12(3)20-13(16)4)15-10-14(18)7-6-11(15)2/h6-7,9-10,17,19H,5,8H2,1-4H3. The Bertz CT molecular complexity index is 589. The van der Waals surface area contributed by atoms with Crippen LogP contribution < -0.4 is 5.32 Å². The number of nitrogens with one attached hydrogen (secondary N) is 1. The maximum Gasteiger partial charge on any atom is 0.123 e. The number of aryl methyl sites for hydroxylation is 3. The van der Waals surface area contributed by atoms with Crippen molar-refractivity contribution in [3.8, 4) is 0 Å². The minimum absolute atomic E-state index is 0.0793. The first-order chi connectivity index (χ1) is 9.52. The highest BCUT2D eigenvalue weighted by atomic mass is 32.1. The number of hydrogen-bond donors (Lipinski definition) is 1. The molecule has 0 radical (unpaired) electrons. The quantitative estimate of drug-likeness (QED) is 0.826. The predicted octanol–water partition coefficient (Wildman–Crippen LogP) is 4.90. The summed E-state index contributed by atoms with van der Waals surface area (Å²) in [6.45, 7) is 9.38. The summed E-state index contributed by atoms with van der Waals surface area (Å²) in [6.07, 6.45) is 1.06. The lowest BCUT2D eigenvalue weighted by molar-refractivity contribution is 0.582. The molecule has 1 unspecified atom stereocenters. The van der Waals surface area contributed by atoms with E-state index in [1.807, 2.05) is 13.0 Å². The lowest BCUT2D eigenvalue weighted by atomic mass is 9.95. The SMILES string of the molecule is CCCNC(c1cc(F)ccc1C)c1cc(C)sc1C. The molecule has 1 nitrogen and oxygen atoms in total. The fraction of sp³-hybridized carbons (Fsp3) is 0.412. The van der Waals surface area contributed by atoms with Crippen LogP contribution in [0, 0.1) is 26.6 Å². The van der Waals surface area contributed by atoms with Gasteiger partial charge in [-0.15, -0.1) is 11.3 Å². The van der Waals surface area contributed by atoms with Gasteiger partial charge in [0.2, 0.25) is 0 Å². The van der Waals surface area contributed by atoms with Gasteiger partial charge < -0.3 is 5.32 Å². The molecule has 2 aromatic rings. The van der Waals surface area contributed by atoms with Gasteiger partial charge in [0, 0.05) is 9.75 Å². The average Bonchev–Trinajstić information content (AvgIpc) is 2.73. The van der Waals surface area contributed by atoms with E-state index in [1.54, 1.807) is 17.4 Å². The zero-order valence-corrected chi connectivity index (χ0v) is 13.4. The van der Waals surface area contributed by atoms with Crippen molar-refractivity contribution in [2.45, 2.75) is 40.2 Å². The third kappa shape index (κ3) is 3.28. The summed E-state index contributed by atoms with van der Waals surface area (Å²) in [5.74, 6) is -0.168. The number of benzene rings is 1. The third-order valence-corrected chi connectivity index (χ3v) is 4.52. The van der Waals surface area contributed by atoms with E-state index in [2.05, 4.69) is 32.2 Å². The second-order valence-corrected chi connectivity index (χ2v) is 6.72. The lowest BCUT2D eigenvalue weighted by Crippen LogP contribution is -2.24. The van der Waals surface area contributed by atoms with Gasteiger partial charge in [-0.1, -0.05) is 13.0 Å². The number of thiophene rings is 1. The molecule has 1 aromatic heterocycles. The van der Waals surface area contributed by atoms with E-state index in [0.29, 0.717) is 0 Å². The summed E-state index contributed by atoms with van der Waals surface area (Å²) < 4.78 is 13.6. The molecule has 20 heavy (non-hydrogen) atoms. The van der Waals surface area contributed by atoms with Crippen molar-refractivity contribution in [1.82, 2.24) is 5.32 Å². The van der Waals surface area contributed by atoms with Crippen LogP contribution in [-0.2, 0) is 0 Å². The monoisotopic (exact) mass is 291 g/mol. The summed E-state index contributed by atoms with van der Waals surface area (Å²) in [7, 11) is 0. The van der Waals surface area contributed by atoms with Crippen LogP contribution >= 0.6 is 11.3 Å². The van der Waals surface area contributed by atoms with Gasteiger partial charge in [-0.2, -0.15) is 0 Å². The number of halogens is 1. The zero-order valence-electron chi connectivity index (χ0n) is 12.6. The Balaban J connectivity index is 2.46. The highest BCUT2D eigenvalue weighted by molar-refractivity contribution is 7.12. The van der Waals surface area contributed by atoms with Crippen LogP contribution in [0.1, 0.15) is 45.8 Å². The van der Waals surface area contributed by atoms with E-state index in [1.165, 1.54) is 21.4 Å². The Hall–Kier alpha value is -1.19. The molecule has 3 heteroatoms. The van der Waals surface area contributed by atoms with Crippen LogP contribution in [0.25, 0.3) is 0 Å². The maximum absolute atomic E-state index is 13.6. The largest absolute Gasteiger partial charge is 0.306 e. The van der Waals surface area contributed by atoms with E-state index in [0.717, 1.165) is 24.1 Å². The number of rotatable bonds is 5. The molecule has 1 aromatic carbocycles. The van der Waals surface area contributed by atoms with Crippen LogP contribution in [0.4, 0.5) is 4.39 Å². The second kappa shape index (κ2) is 6.51. The molecule has 0 aliphatic rings. The van der Waals surface area contributed by atoms with E-state index in [4.69, 9.17) is 0 Å². The summed E-state index contributed by atoms with van der Waals surface area (Å²) in [5.41, 5.74) is 3.44. The molecule has 108 valence electrons. The highest BCUT2D eigenvalue weighted by Gasteiger charge is 2.19. The summed E-state index contributed by atoms with van der Waals surface area (Å²) >= 11 is 1.80. The normalized spacial score (nSPS) is 12.7. The van der Waals surface area contributed by atoms with Crippen molar-refractivity contribution in [2.24, 2.45) is 0 Å². The van der Waals surface area contributed by atoms with E-state index < -0.39 is 0 Å². The smallest absolute Gasteiger partial charge is 0.123 e. The molecule has 2 rings (SSSR count). The van der Waals surface area contributed by atoms with Crippen molar-refractivity contribution in [3.63, 3.8) is 0 Å². The Morgan fingerprint density at radius 1 is 1.15 bits per heavy atom. The van der Waals surface area contributed by atoms with Gasteiger partial charge in [0.1, 0.15) is 5.82 Å². The van der Waals surface area contributed by atoms with Crippen LogP contribution in [0.5, 0.6) is 0 Å². The molecule has 0 aliphatic heterocycles. The van der Waals surface area contributed by atoms with Crippen LogP contribution in [0.3, 0.4) is 0 Å². The van der Waals surface area contributed by atoms with Crippen molar-refractivity contribution in [2.75, 3.05) is 6.54 Å². The molecule has 1 atom stereocenters. The third-order valence-electron chi connectivity index (χ3n) is 3.54. The van der Waals surface area contributed by atoms with Crippen molar-refractivity contribution < 1.29 is 4.39 Å². The number of hydrogen-bond acceptors (Lipinski definition) is 2. The van der Waals surface area contributed by atoms with E-state index in [-0.39, 0.29) is 11.9 Å². The Morgan fingerprint density at radius 3 is 2.50 bits per heavy atom. The van der Waals surface area contributed by atoms with Gasteiger partial charge in [0.15, 0.2) is 0 Å². The summed E-state index contributed by atoms with van der Waals surface area (Å²) in [5, 5.41) is 3.56.